The molecule has 1 aromatic carbocycles. The van der Waals surface area contributed by atoms with E-state index >= 15 is 0 Å². The number of hydrogen-bond acceptors (Lipinski definition) is 3. The number of nitrogens with zero attached hydrogens (tertiary/aromatic N) is 1. The number of nitrogens with two attached hydrogens (primary N) is 1. The molecule has 0 radical (unpaired) electrons. The van der Waals surface area contributed by atoms with E-state index in [2.05, 4.69) is 4.90 Å². The molecule has 3 N–H and O–H groups in total. The van der Waals surface area contributed by atoms with Gasteiger partial charge in [-0.2, -0.15) is 0 Å². The Kier molecular flexibility index (Phi) is 3.88. The van der Waals surface area contributed by atoms with Gasteiger partial charge >= 0.3 is 0 Å². The van der Waals surface area contributed by atoms with Crippen LogP contribution in [0.2, 0.25) is 0 Å². The van der Waals surface area contributed by atoms with Gasteiger partial charge in [0.2, 0.25) is 0 Å². The highest BCUT2D eigenvalue weighted by Gasteiger charge is 2.43. The zero-order chi connectivity index (χ0) is 15.0. The van der Waals surface area contributed by atoms with Crippen molar-refractivity contribution in [3.8, 4) is 0 Å². The third kappa shape index (κ3) is 2.77. The van der Waals surface area contributed by atoms with Crippen molar-refractivity contribution in [2.24, 2.45) is 11.7 Å². The summed E-state index contributed by atoms with van der Waals surface area (Å²) in [6, 6.07) is 4.59. The van der Waals surface area contributed by atoms with Crippen LogP contribution in [-0.4, -0.2) is 28.8 Å². The Morgan fingerprint density at radius 1 is 1.38 bits per heavy atom. The predicted molar refractivity (Wildman–Crippen MR) is 86.0 cm³/mol. The van der Waals surface area contributed by atoms with Crippen molar-refractivity contribution in [2.45, 2.75) is 37.7 Å². The minimum absolute atomic E-state index is 0.217. The minimum Gasteiger partial charge on any atom is -0.389 e. The summed E-state index contributed by atoms with van der Waals surface area (Å²) in [4.78, 5) is 2.41. The van der Waals surface area contributed by atoms with Gasteiger partial charge in [-0.1, -0.05) is 25.1 Å². The number of piperidine rings is 1. The first-order valence-electron chi connectivity index (χ1n) is 7.56. The molecule has 1 saturated carbocycles. The molecular weight excluding hydrogens is 287 g/mol. The van der Waals surface area contributed by atoms with E-state index in [9.17, 15) is 9.50 Å². The van der Waals surface area contributed by atoms with Crippen LogP contribution in [0.25, 0.3) is 0 Å². The van der Waals surface area contributed by atoms with Crippen LogP contribution in [0.4, 0.5) is 10.1 Å². The van der Waals surface area contributed by atoms with E-state index < -0.39 is 5.60 Å². The second-order valence-electron chi connectivity index (χ2n) is 6.27. The number of aliphatic hydroxyl groups is 1. The highest BCUT2D eigenvalue weighted by atomic mass is 32.1. The fourth-order valence-electron chi connectivity index (χ4n) is 3.77. The molecule has 0 amide bonds. The third-order valence-corrected chi connectivity index (χ3v) is 5.21. The second kappa shape index (κ2) is 5.54. The number of anilines is 1. The monoisotopic (exact) mass is 308 g/mol. The zero-order valence-corrected chi connectivity index (χ0v) is 12.8. The summed E-state index contributed by atoms with van der Waals surface area (Å²) >= 11 is 5.05. The molecule has 0 aromatic heterocycles. The number of fused-ring (bicyclic) bond motifs is 1. The zero-order valence-electron chi connectivity index (χ0n) is 12.0. The fourth-order valence-corrected chi connectivity index (χ4v) is 3.93. The lowest BCUT2D eigenvalue weighted by Crippen LogP contribution is -2.53. The lowest BCUT2D eigenvalue weighted by molar-refractivity contribution is -0.0612. The molecule has 1 aromatic rings. The molecule has 2 unspecified atom stereocenters. The Labute approximate surface area is 129 Å². The summed E-state index contributed by atoms with van der Waals surface area (Å²) < 4.78 is 13.4. The molecule has 114 valence electrons. The van der Waals surface area contributed by atoms with E-state index in [1.54, 1.807) is 6.07 Å². The molecule has 2 atom stereocenters. The molecular formula is C16H21FN2OS. The lowest BCUT2D eigenvalue weighted by Gasteiger charge is -2.48. The van der Waals surface area contributed by atoms with Gasteiger partial charge in [-0.3, -0.25) is 0 Å². The smallest absolute Gasteiger partial charge is 0.124 e. The number of rotatable bonds is 2. The van der Waals surface area contributed by atoms with Gasteiger partial charge in [0.25, 0.3) is 0 Å². The largest absolute Gasteiger partial charge is 0.389 e. The summed E-state index contributed by atoms with van der Waals surface area (Å²) in [6.07, 6.45) is 4.99. The van der Waals surface area contributed by atoms with E-state index in [-0.39, 0.29) is 16.7 Å². The van der Waals surface area contributed by atoms with Gasteiger partial charge in [-0.25, -0.2) is 4.39 Å². The maximum absolute atomic E-state index is 13.4. The highest BCUT2D eigenvalue weighted by molar-refractivity contribution is 7.80. The van der Waals surface area contributed by atoms with Crippen molar-refractivity contribution in [3.05, 3.63) is 29.6 Å². The van der Waals surface area contributed by atoms with Gasteiger partial charge in [0.05, 0.1) is 5.60 Å². The van der Waals surface area contributed by atoms with Crippen LogP contribution in [-0.2, 0) is 0 Å². The summed E-state index contributed by atoms with van der Waals surface area (Å²) in [5.41, 5.74) is 6.70. The molecule has 1 aliphatic heterocycles. The molecule has 21 heavy (non-hydrogen) atoms. The third-order valence-electron chi connectivity index (χ3n) is 4.99. The van der Waals surface area contributed by atoms with Gasteiger partial charge in [-0.15, -0.1) is 0 Å². The second-order valence-corrected chi connectivity index (χ2v) is 6.71. The van der Waals surface area contributed by atoms with Crippen molar-refractivity contribution in [1.82, 2.24) is 0 Å². The average molecular weight is 308 g/mol. The van der Waals surface area contributed by atoms with Gasteiger partial charge in [0.15, 0.2) is 0 Å². The van der Waals surface area contributed by atoms with E-state index in [1.165, 1.54) is 18.6 Å². The van der Waals surface area contributed by atoms with Gasteiger partial charge in [0, 0.05) is 30.3 Å². The SMILES string of the molecule is NC(=S)c1cc(F)ccc1N1CCC2(O)CCCCC2C1. The van der Waals surface area contributed by atoms with E-state index in [0.717, 1.165) is 44.5 Å². The van der Waals surface area contributed by atoms with Crippen molar-refractivity contribution < 1.29 is 9.50 Å². The van der Waals surface area contributed by atoms with Gasteiger partial charge < -0.3 is 15.7 Å². The number of hydrogen-bond donors (Lipinski definition) is 2. The fraction of sp³-hybridized carbons (Fsp3) is 0.562. The van der Waals surface area contributed by atoms with Crippen molar-refractivity contribution in [3.63, 3.8) is 0 Å². The quantitative estimate of drug-likeness (QED) is 0.825. The van der Waals surface area contributed by atoms with Crippen LogP contribution in [0.3, 0.4) is 0 Å². The van der Waals surface area contributed by atoms with E-state index in [0.29, 0.717) is 5.56 Å². The molecule has 5 heteroatoms. The Hall–Kier alpha value is -1.20. The summed E-state index contributed by atoms with van der Waals surface area (Å²) in [5, 5.41) is 10.7. The molecule has 0 spiro atoms. The molecule has 2 fully saturated rings. The maximum atomic E-state index is 13.4. The van der Waals surface area contributed by atoms with Crippen LogP contribution >= 0.6 is 12.2 Å². The molecule has 3 nitrogen and oxygen atoms in total. The maximum Gasteiger partial charge on any atom is 0.124 e. The Balaban J connectivity index is 1.87. The van der Waals surface area contributed by atoms with Crippen LogP contribution in [0, 0.1) is 11.7 Å². The lowest BCUT2D eigenvalue weighted by atomic mass is 9.71. The summed E-state index contributed by atoms with van der Waals surface area (Å²) in [5.74, 6) is -0.0445. The molecule has 1 aliphatic carbocycles. The molecule has 3 rings (SSSR count). The Morgan fingerprint density at radius 3 is 2.95 bits per heavy atom. The molecule has 1 saturated heterocycles. The molecule has 2 aliphatic rings. The van der Waals surface area contributed by atoms with Crippen molar-refractivity contribution >= 4 is 22.9 Å². The molecule has 1 heterocycles. The van der Waals surface area contributed by atoms with Crippen LogP contribution in [0.5, 0.6) is 0 Å². The number of benzene rings is 1. The van der Waals surface area contributed by atoms with E-state index in [1.807, 2.05) is 0 Å². The standard InChI is InChI=1S/C16H21FN2OS/c17-12-4-5-14(13(9-12)15(18)21)19-8-7-16(20)6-2-1-3-11(16)10-19/h4-5,9,11,20H,1-3,6-8,10H2,(H2,18,21). The van der Waals surface area contributed by atoms with Crippen LogP contribution in [0.15, 0.2) is 18.2 Å². The first-order chi connectivity index (χ1) is 9.99. The average Bonchev–Trinajstić information content (AvgIpc) is 2.46. The van der Waals surface area contributed by atoms with Crippen LogP contribution in [0.1, 0.15) is 37.7 Å². The van der Waals surface area contributed by atoms with Crippen molar-refractivity contribution in [2.75, 3.05) is 18.0 Å². The first kappa shape index (κ1) is 14.7. The normalized spacial score (nSPS) is 29.0. The number of halogens is 1. The Bertz CT molecular complexity index is 565. The van der Waals surface area contributed by atoms with E-state index in [4.69, 9.17) is 18.0 Å². The van der Waals surface area contributed by atoms with Gasteiger partial charge in [-0.05, 0) is 37.5 Å². The predicted octanol–water partition coefficient (Wildman–Crippen LogP) is 2.59. The van der Waals surface area contributed by atoms with Crippen molar-refractivity contribution in [1.29, 1.82) is 0 Å². The molecule has 0 bridgehead atoms. The van der Waals surface area contributed by atoms with Gasteiger partial charge in [0.1, 0.15) is 10.8 Å². The summed E-state index contributed by atoms with van der Waals surface area (Å²) in [7, 11) is 0. The topological polar surface area (TPSA) is 49.5 Å². The summed E-state index contributed by atoms with van der Waals surface area (Å²) in [6.45, 7) is 1.55. The minimum atomic E-state index is -0.516. The number of thiocarbonyl (C=S) groups is 1. The van der Waals surface area contributed by atoms with Crippen LogP contribution < -0.4 is 10.6 Å². The Morgan fingerprint density at radius 2 is 2.19 bits per heavy atom. The highest BCUT2D eigenvalue weighted by Crippen LogP contribution is 2.41. The first-order valence-corrected chi connectivity index (χ1v) is 7.97.